The number of carbonyl (C=O) groups is 1. The fraction of sp³-hybridized carbons (Fsp3) is 0.300. The molecule has 1 amide bonds. The lowest BCUT2D eigenvalue weighted by molar-refractivity contribution is -0.131. The Morgan fingerprint density at radius 2 is 1.86 bits per heavy atom. The highest BCUT2D eigenvalue weighted by molar-refractivity contribution is 7.16. The van der Waals surface area contributed by atoms with Crippen molar-refractivity contribution in [2.24, 2.45) is 0 Å². The molecular formula is C20H19ClFN3O2S. The molecule has 0 N–H and O–H groups in total. The Kier molecular flexibility index (Phi) is 5.37. The highest BCUT2D eigenvalue weighted by Crippen LogP contribution is 2.23. The summed E-state index contributed by atoms with van der Waals surface area (Å²) in [5.74, 6) is -0.244. The third-order valence-electron chi connectivity index (χ3n) is 5.00. The molecule has 8 heteroatoms. The predicted molar refractivity (Wildman–Crippen MR) is 111 cm³/mol. The molecule has 0 saturated carbocycles. The minimum absolute atomic E-state index is 0.00135. The number of aromatic nitrogens is 1. The molecule has 3 aromatic rings. The third-order valence-corrected chi connectivity index (χ3v) is 6.20. The van der Waals surface area contributed by atoms with E-state index in [0.29, 0.717) is 43.4 Å². The Bertz CT molecular complexity index is 1070. The van der Waals surface area contributed by atoms with Gasteiger partial charge in [-0.2, -0.15) is 0 Å². The van der Waals surface area contributed by atoms with Crippen LogP contribution in [0.25, 0.3) is 10.2 Å². The van der Waals surface area contributed by atoms with E-state index in [1.807, 2.05) is 17.0 Å². The lowest BCUT2D eigenvalue weighted by atomic mass is 10.2. The first-order valence-corrected chi connectivity index (χ1v) is 10.3. The van der Waals surface area contributed by atoms with Gasteiger partial charge in [0.25, 0.3) is 0 Å². The van der Waals surface area contributed by atoms with Crippen molar-refractivity contribution in [2.45, 2.75) is 13.0 Å². The summed E-state index contributed by atoms with van der Waals surface area (Å²) in [6.07, 6.45) is 0.248. The van der Waals surface area contributed by atoms with E-state index in [9.17, 15) is 14.0 Å². The van der Waals surface area contributed by atoms with E-state index >= 15 is 0 Å². The second-order valence-electron chi connectivity index (χ2n) is 6.70. The Labute approximate surface area is 170 Å². The molecule has 0 atom stereocenters. The van der Waals surface area contributed by atoms with E-state index in [1.165, 1.54) is 6.07 Å². The lowest BCUT2D eigenvalue weighted by Gasteiger charge is -2.36. The molecule has 146 valence electrons. The molecule has 0 aliphatic carbocycles. The second-order valence-corrected chi connectivity index (χ2v) is 8.13. The van der Waals surface area contributed by atoms with E-state index in [1.54, 1.807) is 33.7 Å². The van der Waals surface area contributed by atoms with Gasteiger partial charge in [-0.15, -0.1) is 0 Å². The van der Waals surface area contributed by atoms with Crippen molar-refractivity contribution in [2.75, 3.05) is 31.1 Å². The number of nitrogens with zero attached hydrogens (tertiary/aromatic N) is 3. The number of piperazine rings is 1. The number of amides is 1. The van der Waals surface area contributed by atoms with Gasteiger partial charge in [0.15, 0.2) is 0 Å². The number of rotatable bonds is 4. The summed E-state index contributed by atoms with van der Waals surface area (Å²) in [5, 5.41) is 0.564. The van der Waals surface area contributed by atoms with Crippen LogP contribution in [0.5, 0.6) is 0 Å². The number of benzene rings is 2. The molecule has 1 saturated heterocycles. The van der Waals surface area contributed by atoms with Crippen molar-refractivity contribution >= 4 is 44.7 Å². The summed E-state index contributed by atoms with van der Waals surface area (Å²) in [4.78, 5) is 28.5. The minimum atomic E-state index is -0.246. The van der Waals surface area contributed by atoms with Gasteiger partial charge in [0.1, 0.15) is 5.82 Å². The quantitative estimate of drug-likeness (QED) is 0.649. The third kappa shape index (κ3) is 3.77. The van der Waals surface area contributed by atoms with E-state index in [4.69, 9.17) is 11.6 Å². The maximum absolute atomic E-state index is 13.9. The van der Waals surface area contributed by atoms with E-state index in [2.05, 4.69) is 0 Å². The first-order chi connectivity index (χ1) is 13.5. The second kappa shape index (κ2) is 7.93. The Morgan fingerprint density at radius 3 is 2.61 bits per heavy atom. The number of para-hydroxylation sites is 1. The molecule has 0 spiro atoms. The van der Waals surface area contributed by atoms with Crippen LogP contribution < -0.4 is 9.77 Å². The topological polar surface area (TPSA) is 45.6 Å². The fourth-order valence-electron chi connectivity index (χ4n) is 3.52. The molecular weight excluding hydrogens is 401 g/mol. The summed E-state index contributed by atoms with van der Waals surface area (Å²) < 4.78 is 16.4. The first-order valence-electron chi connectivity index (χ1n) is 9.09. The number of aryl methyl sites for hydroxylation is 1. The Balaban J connectivity index is 1.38. The van der Waals surface area contributed by atoms with Gasteiger partial charge < -0.3 is 9.80 Å². The first kappa shape index (κ1) is 19.0. The molecule has 5 nitrogen and oxygen atoms in total. The zero-order valence-corrected chi connectivity index (χ0v) is 16.7. The summed E-state index contributed by atoms with van der Waals surface area (Å²) >= 11 is 7.20. The van der Waals surface area contributed by atoms with Gasteiger partial charge in [-0.05, 0) is 30.3 Å². The number of carbonyl (C=O) groups excluding carboxylic acids is 1. The van der Waals surface area contributed by atoms with Crippen molar-refractivity contribution in [1.82, 2.24) is 9.47 Å². The van der Waals surface area contributed by atoms with Gasteiger partial charge in [-0.25, -0.2) is 4.39 Å². The normalized spacial score (nSPS) is 14.6. The molecule has 0 radical (unpaired) electrons. The van der Waals surface area contributed by atoms with Crippen LogP contribution >= 0.6 is 22.9 Å². The average molecular weight is 420 g/mol. The molecule has 1 aliphatic heterocycles. The van der Waals surface area contributed by atoms with Crippen molar-refractivity contribution in [3.63, 3.8) is 0 Å². The average Bonchev–Trinajstić information content (AvgIpc) is 3.01. The lowest BCUT2D eigenvalue weighted by Crippen LogP contribution is -2.49. The maximum atomic E-state index is 13.9. The number of hydrogen-bond acceptors (Lipinski definition) is 4. The van der Waals surface area contributed by atoms with E-state index in [0.717, 1.165) is 21.6 Å². The van der Waals surface area contributed by atoms with Gasteiger partial charge in [-0.3, -0.25) is 14.2 Å². The van der Waals surface area contributed by atoms with Crippen LogP contribution in [0.2, 0.25) is 5.02 Å². The summed E-state index contributed by atoms with van der Waals surface area (Å²) in [5.41, 5.74) is 1.34. The number of halogens is 2. The van der Waals surface area contributed by atoms with Crippen LogP contribution in [0, 0.1) is 5.82 Å². The molecule has 1 aromatic heterocycles. The highest BCUT2D eigenvalue weighted by Gasteiger charge is 2.22. The number of anilines is 1. The zero-order valence-electron chi connectivity index (χ0n) is 15.1. The van der Waals surface area contributed by atoms with Crippen LogP contribution in [-0.4, -0.2) is 41.6 Å². The largest absolute Gasteiger partial charge is 0.366 e. The summed E-state index contributed by atoms with van der Waals surface area (Å²) in [7, 11) is 0. The van der Waals surface area contributed by atoms with Gasteiger partial charge >= 0.3 is 4.87 Å². The zero-order chi connectivity index (χ0) is 19.7. The summed E-state index contributed by atoms with van der Waals surface area (Å²) in [6, 6.07) is 12.0. The smallest absolute Gasteiger partial charge is 0.308 e. The van der Waals surface area contributed by atoms with Crippen LogP contribution in [0.15, 0.2) is 47.3 Å². The van der Waals surface area contributed by atoms with Crippen molar-refractivity contribution in [3.05, 3.63) is 63.0 Å². The van der Waals surface area contributed by atoms with Crippen molar-refractivity contribution < 1.29 is 9.18 Å². The van der Waals surface area contributed by atoms with Crippen molar-refractivity contribution in [3.8, 4) is 0 Å². The predicted octanol–water partition coefficient (Wildman–Crippen LogP) is 3.59. The maximum Gasteiger partial charge on any atom is 0.308 e. The Hall–Kier alpha value is -2.38. The molecule has 2 heterocycles. The highest BCUT2D eigenvalue weighted by atomic mass is 35.5. The standard InChI is InChI=1S/C20H19ClFN3O2S/c21-14-5-6-18-17(13-14)25(20(27)28-18)8-7-19(26)24-11-9-23(10-12-24)16-4-2-1-3-15(16)22/h1-6,13H,7-12H2. The van der Waals surface area contributed by atoms with Gasteiger partial charge in [0.2, 0.25) is 5.91 Å². The van der Waals surface area contributed by atoms with Crippen LogP contribution in [0.4, 0.5) is 10.1 Å². The monoisotopic (exact) mass is 419 g/mol. The molecule has 1 aliphatic rings. The number of fused-ring (bicyclic) bond motifs is 1. The Morgan fingerprint density at radius 1 is 1.11 bits per heavy atom. The van der Waals surface area contributed by atoms with Crippen LogP contribution in [0.1, 0.15) is 6.42 Å². The van der Waals surface area contributed by atoms with Gasteiger partial charge in [0, 0.05) is 44.2 Å². The molecule has 4 rings (SSSR count). The minimum Gasteiger partial charge on any atom is -0.366 e. The van der Waals surface area contributed by atoms with Crippen molar-refractivity contribution in [1.29, 1.82) is 0 Å². The van der Waals surface area contributed by atoms with E-state index in [-0.39, 0.29) is 23.0 Å². The van der Waals surface area contributed by atoms with E-state index < -0.39 is 0 Å². The molecule has 1 fully saturated rings. The molecule has 0 unspecified atom stereocenters. The van der Waals surface area contributed by atoms with Gasteiger partial charge in [0.05, 0.1) is 15.9 Å². The summed E-state index contributed by atoms with van der Waals surface area (Å²) in [6.45, 7) is 2.58. The molecule has 0 bridgehead atoms. The number of hydrogen-bond donors (Lipinski definition) is 0. The SMILES string of the molecule is O=C(CCn1c(=O)sc2ccc(Cl)cc21)N1CCN(c2ccccc2F)CC1. The van der Waals surface area contributed by atoms with Crippen LogP contribution in [-0.2, 0) is 11.3 Å². The van der Waals surface area contributed by atoms with Gasteiger partial charge in [-0.1, -0.05) is 35.1 Å². The molecule has 2 aromatic carbocycles. The number of thiazole rings is 1. The van der Waals surface area contributed by atoms with Crippen LogP contribution in [0.3, 0.4) is 0 Å². The molecule has 28 heavy (non-hydrogen) atoms. The fourth-order valence-corrected chi connectivity index (χ4v) is 4.58.